The number of amides is 2. The molecule has 3 fully saturated rings. The summed E-state index contributed by atoms with van der Waals surface area (Å²) in [6.45, 7) is 1.31. The molecular formula is C15H20N4O2. The number of nitrogens with one attached hydrogen (secondary N) is 1. The summed E-state index contributed by atoms with van der Waals surface area (Å²) in [5.74, 6) is 0.0729. The van der Waals surface area contributed by atoms with Crippen LogP contribution in [0, 0.1) is 5.92 Å². The zero-order chi connectivity index (χ0) is 14.6. The van der Waals surface area contributed by atoms with Crippen molar-refractivity contribution in [3.8, 4) is 0 Å². The molecule has 3 N–H and O–H groups in total. The number of fused-ring (bicyclic) bond motifs is 1. The zero-order valence-corrected chi connectivity index (χ0v) is 11.9. The van der Waals surface area contributed by atoms with E-state index in [-0.39, 0.29) is 23.8 Å². The van der Waals surface area contributed by atoms with Crippen LogP contribution in [-0.2, 0) is 4.79 Å². The third-order valence-corrected chi connectivity index (χ3v) is 4.89. The van der Waals surface area contributed by atoms with Crippen LogP contribution < -0.4 is 11.1 Å². The molecule has 6 heteroatoms. The largest absolute Gasteiger partial charge is 0.397 e. The Labute approximate surface area is 123 Å². The molecule has 0 spiro atoms. The first-order valence-corrected chi connectivity index (χ1v) is 7.71. The van der Waals surface area contributed by atoms with E-state index in [1.54, 1.807) is 6.07 Å². The predicted octanol–water partition coefficient (Wildman–Crippen LogP) is 0.756. The molecule has 2 amide bonds. The van der Waals surface area contributed by atoms with E-state index in [1.807, 2.05) is 15.7 Å². The first kappa shape index (κ1) is 12.7. The average molecular weight is 288 g/mol. The van der Waals surface area contributed by atoms with Crippen molar-refractivity contribution in [3.05, 3.63) is 18.0 Å². The number of nitrogens with two attached hydrogens (primary N) is 1. The molecule has 4 rings (SSSR count). The standard InChI is InChI=1S/C15H20N4O2/c16-9-6-12(19(8-9)10-3-4-10)15(21)18-5-1-2-11-13(18)7-17-14(11)20/h6,8,10-11,13H,1-5,7,16H2,(H,17,20). The predicted molar refractivity (Wildman–Crippen MR) is 77.7 cm³/mol. The third-order valence-electron chi connectivity index (χ3n) is 4.89. The number of carbonyl (C=O) groups is 2. The van der Waals surface area contributed by atoms with Gasteiger partial charge in [0.25, 0.3) is 5.91 Å². The van der Waals surface area contributed by atoms with Crippen LogP contribution in [0.25, 0.3) is 0 Å². The van der Waals surface area contributed by atoms with Gasteiger partial charge in [0.05, 0.1) is 17.6 Å². The van der Waals surface area contributed by atoms with Crippen molar-refractivity contribution in [2.45, 2.75) is 37.8 Å². The van der Waals surface area contributed by atoms with Gasteiger partial charge >= 0.3 is 0 Å². The quantitative estimate of drug-likeness (QED) is 0.843. The molecule has 2 saturated heterocycles. The van der Waals surface area contributed by atoms with Gasteiger partial charge in [0.2, 0.25) is 5.91 Å². The Morgan fingerprint density at radius 1 is 1.33 bits per heavy atom. The Morgan fingerprint density at radius 3 is 2.90 bits per heavy atom. The van der Waals surface area contributed by atoms with Gasteiger partial charge in [-0.3, -0.25) is 9.59 Å². The first-order valence-electron chi connectivity index (χ1n) is 7.71. The summed E-state index contributed by atoms with van der Waals surface area (Å²) in [4.78, 5) is 26.6. The summed E-state index contributed by atoms with van der Waals surface area (Å²) in [6, 6.07) is 2.20. The van der Waals surface area contributed by atoms with Crippen LogP contribution in [0.5, 0.6) is 0 Å². The summed E-state index contributed by atoms with van der Waals surface area (Å²) in [5.41, 5.74) is 7.20. The van der Waals surface area contributed by atoms with E-state index in [2.05, 4.69) is 5.32 Å². The molecule has 6 nitrogen and oxygen atoms in total. The molecule has 2 atom stereocenters. The molecule has 1 aromatic heterocycles. The number of hydrogen-bond donors (Lipinski definition) is 2. The van der Waals surface area contributed by atoms with Crippen molar-refractivity contribution in [2.24, 2.45) is 5.92 Å². The summed E-state index contributed by atoms with van der Waals surface area (Å²) in [7, 11) is 0. The van der Waals surface area contributed by atoms with Crippen molar-refractivity contribution in [2.75, 3.05) is 18.8 Å². The smallest absolute Gasteiger partial charge is 0.270 e. The topological polar surface area (TPSA) is 80.4 Å². The maximum atomic E-state index is 12.9. The minimum Gasteiger partial charge on any atom is -0.397 e. The minimum atomic E-state index is -0.0376. The average Bonchev–Trinajstić information content (AvgIpc) is 3.16. The normalized spacial score (nSPS) is 28.4. The van der Waals surface area contributed by atoms with Crippen LogP contribution in [0.1, 0.15) is 42.2 Å². The number of rotatable bonds is 2. The van der Waals surface area contributed by atoms with E-state index in [9.17, 15) is 9.59 Å². The van der Waals surface area contributed by atoms with Crippen LogP contribution in [0.2, 0.25) is 0 Å². The second-order valence-electron chi connectivity index (χ2n) is 6.36. The van der Waals surface area contributed by atoms with Gasteiger partial charge in [0, 0.05) is 25.3 Å². The number of aromatic nitrogens is 1. The van der Waals surface area contributed by atoms with Crippen molar-refractivity contribution in [3.63, 3.8) is 0 Å². The molecular weight excluding hydrogens is 268 g/mol. The van der Waals surface area contributed by atoms with E-state index in [0.29, 0.717) is 24.0 Å². The van der Waals surface area contributed by atoms with Gasteiger partial charge in [-0.1, -0.05) is 0 Å². The molecule has 3 heterocycles. The molecule has 112 valence electrons. The fraction of sp³-hybridized carbons (Fsp3) is 0.600. The Kier molecular flexibility index (Phi) is 2.74. The second-order valence-corrected chi connectivity index (χ2v) is 6.36. The summed E-state index contributed by atoms with van der Waals surface area (Å²) in [6.07, 6.45) is 5.86. The molecule has 1 saturated carbocycles. The highest BCUT2D eigenvalue weighted by molar-refractivity contribution is 5.95. The van der Waals surface area contributed by atoms with Crippen LogP contribution >= 0.6 is 0 Å². The molecule has 1 aromatic rings. The van der Waals surface area contributed by atoms with Gasteiger partial charge in [-0.2, -0.15) is 0 Å². The van der Waals surface area contributed by atoms with Gasteiger partial charge in [-0.05, 0) is 31.7 Å². The molecule has 2 unspecified atom stereocenters. The maximum absolute atomic E-state index is 12.9. The maximum Gasteiger partial charge on any atom is 0.270 e. The summed E-state index contributed by atoms with van der Waals surface area (Å²) in [5, 5.41) is 2.89. The third kappa shape index (κ3) is 2.01. The number of likely N-dealkylation sites (tertiary alicyclic amines) is 1. The SMILES string of the molecule is Nc1cc(C(=O)N2CCCC3C(=O)NCC32)n(C2CC2)c1. The molecule has 0 radical (unpaired) electrons. The van der Waals surface area contributed by atoms with E-state index in [0.717, 1.165) is 32.2 Å². The highest BCUT2D eigenvalue weighted by atomic mass is 16.2. The monoisotopic (exact) mass is 288 g/mol. The Bertz CT molecular complexity index is 605. The number of hydrogen-bond acceptors (Lipinski definition) is 3. The highest BCUT2D eigenvalue weighted by Crippen LogP contribution is 2.38. The van der Waals surface area contributed by atoms with E-state index in [4.69, 9.17) is 5.73 Å². The molecule has 2 aliphatic heterocycles. The fourth-order valence-electron chi connectivity index (χ4n) is 3.68. The van der Waals surface area contributed by atoms with Gasteiger partial charge < -0.3 is 20.5 Å². The summed E-state index contributed by atoms with van der Waals surface area (Å²) >= 11 is 0. The number of nitrogen functional groups attached to an aromatic ring is 1. The van der Waals surface area contributed by atoms with E-state index in [1.165, 1.54) is 0 Å². The van der Waals surface area contributed by atoms with Gasteiger partial charge in [-0.25, -0.2) is 0 Å². The minimum absolute atomic E-state index is 0.00234. The van der Waals surface area contributed by atoms with Crippen molar-refractivity contribution in [1.29, 1.82) is 0 Å². The van der Waals surface area contributed by atoms with Gasteiger partial charge in [0.1, 0.15) is 5.69 Å². The lowest BCUT2D eigenvalue weighted by Gasteiger charge is -2.36. The van der Waals surface area contributed by atoms with Gasteiger partial charge in [0.15, 0.2) is 0 Å². The molecule has 21 heavy (non-hydrogen) atoms. The number of anilines is 1. The Balaban J connectivity index is 1.63. The number of nitrogens with zero attached hydrogens (tertiary/aromatic N) is 2. The lowest BCUT2D eigenvalue weighted by atomic mass is 9.91. The second kappa shape index (κ2) is 4.51. The zero-order valence-electron chi connectivity index (χ0n) is 11.9. The Hall–Kier alpha value is -1.98. The van der Waals surface area contributed by atoms with Crippen LogP contribution in [0.4, 0.5) is 5.69 Å². The lowest BCUT2D eigenvalue weighted by molar-refractivity contribution is -0.123. The van der Waals surface area contributed by atoms with Crippen LogP contribution in [0.15, 0.2) is 12.3 Å². The van der Waals surface area contributed by atoms with Crippen molar-refractivity contribution >= 4 is 17.5 Å². The van der Waals surface area contributed by atoms with Gasteiger partial charge in [-0.15, -0.1) is 0 Å². The van der Waals surface area contributed by atoms with Crippen LogP contribution in [-0.4, -0.2) is 40.4 Å². The molecule has 0 aromatic carbocycles. The number of piperidine rings is 1. The van der Waals surface area contributed by atoms with Crippen molar-refractivity contribution < 1.29 is 9.59 Å². The Morgan fingerprint density at radius 2 is 2.14 bits per heavy atom. The van der Waals surface area contributed by atoms with E-state index < -0.39 is 0 Å². The summed E-state index contributed by atoms with van der Waals surface area (Å²) < 4.78 is 2.02. The molecule has 3 aliphatic rings. The highest BCUT2D eigenvalue weighted by Gasteiger charge is 2.43. The first-order chi connectivity index (χ1) is 10.1. The lowest BCUT2D eigenvalue weighted by Crippen LogP contribution is -2.49. The molecule has 0 bridgehead atoms. The van der Waals surface area contributed by atoms with E-state index >= 15 is 0 Å². The van der Waals surface area contributed by atoms with Crippen LogP contribution in [0.3, 0.4) is 0 Å². The fourth-order valence-corrected chi connectivity index (χ4v) is 3.68. The molecule has 1 aliphatic carbocycles. The number of carbonyl (C=O) groups excluding carboxylic acids is 2. The van der Waals surface area contributed by atoms with Crippen molar-refractivity contribution in [1.82, 2.24) is 14.8 Å².